The summed E-state index contributed by atoms with van der Waals surface area (Å²) >= 11 is 2.13. The second-order valence-electron chi connectivity index (χ2n) is 8.40. The van der Waals surface area contributed by atoms with Crippen LogP contribution in [0.1, 0.15) is 39.1 Å². The van der Waals surface area contributed by atoms with Gasteiger partial charge in [-0.15, -0.1) is 0 Å². The topological polar surface area (TPSA) is 201 Å². The van der Waals surface area contributed by atoms with E-state index >= 15 is 0 Å². The van der Waals surface area contributed by atoms with Gasteiger partial charge in [0.1, 0.15) is 36.9 Å². The number of esters is 2. The van der Waals surface area contributed by atoms with E-state index in [4.69, 9.17) is 24.1 Å². The highest BCUT2D eigenvalue weighted by molar-refractivity contribution is 14.1. The van der Waals surface area contributed by atoms with E-state index in [1.807, 2.05) is 0 Å². The number of nitrogens with zero attached hydrogens (tertiary/aromatic N) is 2. The zero-order valence-corrected chi connectivity index (χ0v) is 22.6. The molecule has 2 aromatic heterocycles. The van der Waals surface area contributed by atoms with Gasteiger partial charge in [0.05, 0.1) is 6.61 Å². The van der Waals surface area contributed by atoms with Gasteiger partial charge in [-0.2, -0.15) is 0 Å². The summed E-state index contributed by atoms with van der Waals surface area (Å²) in [5, 5.41) is 9.17. The van der Waals surface area contributed by atoms with Crippen LogP contribution in [0.4, 0.5) is 0 Å². The molecule has 15 nitrogen and oxygen atoms in total. The molecule has 208 valence electrons. The fourth-order valence-electron chi connectivity index (χ4n) is 4.03. The molecule has 38 heavy (non-hydrogen) atoms. The minimum absolute atomic E-state index is 0.233. The smallest absolute Gasteiger partial charge is 0.330 e. The van der Waals surface area contributed by atoms with Gasteiger partial charge in [0, 0.05) is 55.6 Å². The Kier molecular flexibility index (Phi) is 10.2. The number of carbonyl (C=O) groups excluding carboxylic acids is 2. The standard InChI is InChI=1S/C11H13IN2O5.C11H14N2O6/c1-6(15)18-7-4-10(19-8(7)5-12)14-3-2-9(16)13-11(14)17;1-6(15)18-7-4-10(19-8(7)5-14)13-3-2-9(16)12-11(13)17/h2-3,7-8,10H,4-5H2,1H3,(H,13,16,17);2-3,7-8,10,14H,4-5H2,1H3,(H,12,16,17)/t2*7-,8-,10-/m11/s1. The molecule has 0 spiro atoms. The third kappa shape index (κ3) is 7.49. The molecule has 2 aliphatic rings. The molecule has 2 fully saturated rings. The Morgan fingerprint density at radius 1 is 0.895 bits per heavy atom. The van der Waals surface area contributed by atoms with Crippen molar-refractivity contribution in [3.05, 3.63) is 66.2 Å². The number of hydrogen-bond donors (Lipinski definition) is 3. The summed E-state index contributed by atoms with van der Waals surface area (Å²) < 4.78 is 24.5. The number of nitrogens with one attached hydrogen (secondary N) is 2. The molecule has 0 radical (unpaired) electrons. The van der Waals surface area contributed by atoms with Gasteiger partial charge >= 0.3 is 23.3 Å². The number of alkyl halides is 1. The lowest BCUT2D eigenvalue weighted by atomic mass is 10.2. The van der Waals surface area contributed by atoms with Crippen LogP contribution in [0.25, 0.3) is 0 Å². The molecule has 0 saturated carbocycles. The maximum atomic E-state index is 11.7. The summed E-state index contributed by atoms with van der Waals surface area (Å²) in [5.74, 6) is -0.862. The van der Waals surface area contributed by atoms with Gasteiger partial charge in [-0.3, -0.25) is 38.3 Å². The maximum Gasteiger partial charge on any atom is 0.330 e. The number of rotatable bonds is 6. The van der Waals surface area contributed by atoms with E-state index in [2.05, 4.69) is 32.6 Å². The molecule has 0 bridgehead atoms. The third-order valence-electron chi connectivity index (χ3n) is 5.65. The molecule has 4 rings (SSSR count). The number of carbonyl (C=O) groups is 2. The number of halogens is 1. The minimum atomic E-state index is -0.689. The quantitative estimate of drug-likeness (QED) is 0.196. The first-order valence-electron chi connectivity index (χ1n) is 11.5. The summed E-state index contributed by atoms with van der Waals surface area (Å²) in [7, 11) is 0. The number of aromatic amines is 2. The van der Waals surface area contributed by atoms with E-state index in [1.54, 1.807) is 0 Å². The van der Waals surface area contributed by atoms with Crippen molar-refractivity contribution in [2.45, 2.75) is 63.6 Å². The van der Waals surface area contributed by atoms with Gasteiger partial charge in [0.2, 0.25) is 0 Å². The second kappa shape index (κ2) is 13.1. The first kappa shape index (κ1) is 29.5. The van der Waals surface area contributed by atoms with E-state index in [0.717, 1.165) is 0 Å². The van der Waals surface area contributed by atoms with Gasteiger partial charge in [0.25, 0.3) is 11.1 Å². The van der Waals surface area contributed by atoms with Crippen LogP contribution in [0.15, 0.2) is 43.7 Å². The van der Waals surface area contributed by atoms with Crippen molar-refractivity contribution in [2.75, 3.05) is 11.0 Å². The molecule has 0 amide bonds. The lowest BCUT2D eigenvalue weighted by Crippen LogP contribution is -2.31. The van der Waals surface area contributed by atoms with Crippen LogP contribution in [-0.4, -0.2) is 71.6 Å². The van der Waals surface area contributed by atoms with Gasteiger partial charge in [-0.25, -0.2) is 9.59 Å². The van der Waals surface area contributed by atoms with Crippen molar-refractivity contribution in [3.8, 4) is 0 Å². The molecule has 4 heterocycles. The summed E-state index contributed by atoms with van der Waals surface area (Å²) in [4.78, 5) is 71.5. The summed E-state index contributed by atoms with van der Waals surface area (Å²) in [5.41, 5.74) is -2.11. The highest BCUT2D eigenvalue weighted by Crippen LogP contribution is 2.31. The molecule has 0 aliphatic carbocycles. The van der Waals surface area contributed by atoms with Gasteiger partial charge < -0.3 is 24.1 Å². The first-order valence-corrected chi connectivity index (χ1v) is 13.0. The van der Waals surface area contributed by atoms with Crippen molar-refractivity contribution in [3.63, 3.8) is 0 Å². The van der Waals surface area contributed by atoms with E-state index in [9.17, 15) is 28.8 Å². The predicted molar refractivity (Wildman–Crippen MR) is 137 cm³/mol. The molecular formula is C22H27IN4O11. The number of ether oxygens (including phenoxy) is 4. The zero-order chi connectivity index (χ0) is 28.0. The average molecular weight is 650 g/mol. The third-order valence-corrected chi connectivity index (χ3v) is 6.52. The molecule has 0 aromatic carbocycles. The van der Waals surface area contributed by atoms with Gasteiger partial charge in [-0.05, 0) is 0 Å². The molecule has 2 aromatic rings. The summed E-state index contributed by atoms with van der Waals surface area (Å²) in [6, 6.07) is 2.45. The Bertz CT molecular complexity index is 1260. The van der Waals surface area contributed by atoms with E-state index < -0.39 is 53.1 Å². The fraction of sp³-hybridized carbons (Fsp3) is 0.545. The van der Waals surface area contributed by atoms with E-state index in [1.165, 1.54) is 47.5 Å². The zero-order valence-electron chi connectivity index (χ0n) is 20.4. The molecule has 2 aliphatic heterocycles. The molecule has 16 heteroatoms. The van der Waals surface area contributed by atoms with Crippen molar-refractivity contribution in [1.82, 2.24) is 19.1 Å². The second-order valence-corrected chi connectivity index (χ2v) is 9.28. The Balaban J connectivity index is 0.000000211. The normalized spacial score (nSPS) is 26.3. The monoisotopic (exact) mass is 650 g/mol. The van der Waals surface area contributed by atoms with E-state index in [0.29, 0.717) is 10.8 Å². The van der Waals surface area contributed by atoms with Crippen molar-refractivity contribution in [1.29, 1.82) is 0 Å². The number of aromatic nitrogens is 4. The Morgan fingerprint density at radius 3 is 1.68 bits per heavy atom. The van der Waals surface area contributed by atoms with Crippen LogP contribution >= 0.6 is 22.6 Å². The number of aliphatic hydroxyl groups excluding tert-OH is 1. The average Bonchev–Trinajstić information content (AvgIpc) is 3.42. The van der Waals surface area contributed by atoms with Crippen LogP contribution in [0, 0.1) is 0 Å². The van der Waals surface area contributed by atoms with Crippen molar-refractivity contribution < 1.29 is 33.6 Å². The Labute approximate surface area is 227 Å². The van der Waals surface area contributed by atoms with Crippen molar-refractivity contribution >= 4 is 34.5 Å². The summed E-state index contributed by atoms with van der Waals surface area (Å²) in [6.45, 7) is 2.27. The highest BCUT2D eigenvalue weighted by Gasteiger charge is 2.39. The van der Waals surface area contributed by atoms with Crippen LogP contribution in [-0.2, 0) is 28.5 Å². The molecule has 6 atom stereocenters. The predicted octanol–water partition coefficient (Wildman–Crippen LogP) is -1.06. The minimum Gasteiger partial charge on any atom is -0.460 e. The number of hydrogen-bond acceptors (Lipinski definition) is 11. The maximum absolute atomic E-state index is 11.7. The largest absolute Gasteiger partial charge is 0.460 e. The van der Waals surface area contributed by atoms with Crippen LogP contribution < -0.4 is 22.5 Å². The Morgan fingerprint density at radius 2 is 1.32 bits per heavy atom. The van der Waals surface area contributed by atoms with Crippen LogP contribution in [0.2, 0.25) is 0 Å². The SMILES string of the molecule is CC(=O)O[C@@H]1C[C@H](n2ccc(=O)[nH]c2=O)O[C@@H]1CI.CC(=O)O[C@@H]1C[C@H](n2ccc(=O)[nH]c2=O)O[C@@H]1CO. The highest BCUT2D eigenvalue weighted by atomic mass is 127. The lowest BCUT2D eigenvalue weighted by Gasteiger charge is -2.15. The number of H-pyrrole nitrogens is 2. The van der Waals surface area contributed by atoms with Gasteiger partial charge in [0.15, 0.2) is 0 Å². The van der Waals surface area contributed by atoms with Crippen LogP contribution in [0.3, 0.4) is 0 Å². The number of aliphatic hydroxyl groups is 1. The molecule has 2 saturated heterocycles. The van der Waals surface area contributed by atoms with Crippen LogP contribution in [0.5, 0.6) is 0 Å². The molecular weight excluding hydrogens is 623 g/mol. The fourth-order valence-corrected chi connectivity index (χ4v) is 4.80. The molecule has 3 N–H and O–H groups in total. The van der Waals surface area contributed by atoms with Gasteiger partial charge in [-0.1, -0.05) is 22.6 Å². The molecule has 0 unspecified atom stereocenters. The first-order chi connectivity index (χ1) is 18.0. The lowest BCUT2D eigenvalue weighted by molar-refractivity contribution is -0.150. The van der Waals surface area contributed by atoms with E-state index in [-0.39, 0.29) is 31.2 Å². The Hall–Kier alpha value is -3.09. The van der Waals surface area contributed by atoms with Crippen molar-refractivity contribution in [2.24, 2.45) is 0 Å². The summed E-state index contributed by atoms with van der Waals surface area (Å²) in [6.07, 6.45) is 0.142.